The fourth-order valence-corrected chi connectivity index (χ4v) is 4.38. The van der Waals surface area contributed by atoms with Gasteiger partial charge in [0.2, 0.25) is 5.91 Å². The van der Waals surface area contributed by atoms with Crippen LogP contribution in [-0.4, -0.2) is 28.9 Å². The number of ether oxygens (including phenoxy) is 1. The predicted octanol–water partition coefficient (Wildman–Crippen LogP) is 3.54. The number of carbonyl (C=O) groups is 1. The van der Waals surface area contributed by atoms with E-state index in [1.807, 2.05) is 24.3 Å². The van der Waals surface area contributed by atoms with Gasteiger partial charge in [-0.2, -0.15) is 0 Å². The second-order valence-electron chi connectivity index (χ2n) is 5.55. The zero-order valence-electron chi connectivity index (χ0n) is 13.6. The molecular formula is C16H18N4O2S2. The first kappa shape index (κ1) is 16.8. The Labute approximate surface area is 148 Å². The summed E-state index contributed by atoms with van der Waals surface area (Å²) in [5, 5.41) is 7.51. The summed E-state index contributed by atoms with van der Waals surface area (Å²) in [6.45, 7) is 3.55. The van der Waals surface area contributed by atoms with Crippen LogP contribution in [0.4, 0.5) is 10.8 Å². The molecule has 0 spiro atoms. The normalized spacial score (nSPS) is 19.7. The zero-order chi connectivity index (χ0) is 17.2. The van der Waals surface area contributed by atoms with Crippen molar-refractivity contribution in [3.8, 4) is 5.75 Å². The first-order valence-electron chi connectivity index (χ1n) is 7.36. The Morgan fingerprint density at radius 1 is 1.42 bits per heavy atom. The average molecular weight is 362 g/mol. The Morgan fingerprint density at radius 3 is 3.00 bits per heavy atom. The summed E-state index contributed by atoms with van der Waals surface area (Å²) in [6.07, 6.45) is 1.79. The lowest BCUT2D eigenvalue weighted by atomic mass is 10.1. The van der Waals surface area contributed by atoms with E-state index in [1.54, 1.807) is 25.1 Å². The number of hydrogen-bond acceptors (Lipinski definition) is 7. The first-order chi connectivity index (χ1) is 11.5. The standard InChI is InChI=1S/C16H18N4O2S2/c1-10(21)18-14-17-8-13(24-14)16(2)9-23-15(20-16)19-11-5-4-6-12(7-11)22-3/h4-8H,9H2,1-3H3,(H,19,20)(H,17,18,21). The summed E-state index contributed by atoms with van der Waals surface area (Å²) < 4.78 is 5.24. The average Bonchev–Trinajstić information content (AvgIpc) is 3.15. The number of nitrogens with zero attached hydrogens (tertiary/aromatic N) is 2. The van der Waals surface area contributed by atoms with Crippen LogP contribution in [-0.2, 0) is 10.3 Å². The van der Waals surface area contributed by atoms with Gasteiger partial charge in [0.05, 0.1) is 12.0 Å². The number of rotatable bonds is 4. The van der Waals surface area contributed by atoms with Crippen molar-refractivity contribution in [1.82, 2.24) is 4.98 Å². The monoisotopic (exact) mass is 362 g/mol. The lowest BCUT2D eigenvalue weighted by Crippen LogP contribution is -2.17. The Kier molecular flexibility index (Phi) is 4.77. The van der Waals surface area contributed by atoms with E-state index in [1.165, 1.54) is 18.3 Å². The minimum absolute atomic E-state index is 0.120. The maximum absolute atomic E-state index is 11.1. The molecule has 0 fully saturated rings. The van der Waals surface area contributed by atoms with Gasteiger partial charge in [0.15, 0.2) is 10.3 Å². The SMILES string of the molecule is COc1cccc(NC2=NC(C)(c3cnc(NC(C)=O)s3)CS2)c1. The zero-order valence-corrected chi connectivity index (χ0v) is 15.3. The number of benzene rings is 1. The number of hydrogen-bond donors (Lipinski definition) is 2. The predicted molar refractivity (Wildman–Crippen MR) is 100 cm³/mol. The molecule has 0 saturated carbocycles. The Hall–Kier alpha value is -2.06. The highest BCUT2D eigenvalue weighted by Crippen LogP contribution is 2.40. The minimum Gasteiger partial charge on any atom is -0.497 e. The molecule has 126 valence electrons. The molecule has 2 aromatic rings. The van der Waals surface area contributed by atoms with Crippen LogP contribution < -0.4 is 15.4 Å². The smallest absolute Gasteiger partial charge is 0.223 e. The highest BCUT2D eigenvalue weighted by Gasteiger charge is 2.34. The van der Waals surface area contributed by atoms with Crippen molar-refractivity contribution in [2.45, 2.75) is 19.4 Å². The van der Waals surface area contributed by atoms with E-state index >= 15 is 0 Å². The molecule has 3 rings (SSSR count). The molecule has 1 aliphatic rings. The van der Waals surface area contributed by atoms with Gasteiger partial charge in [-0.1, -0.05) is 29.2 Å². The second kappa shape index (κ2) is 6.82. The van der Waals surface area contributed by atoms with Crippen molar-refractivity contribution in [1.29, 1.82) is 0 Å². The molecule has 6 nitrogen and oxygen atoms in total. The van der Waals surface area contributed by atoms with Gasteiger partial charge in [0.1, 0.15) is 11.3 Å². The van der Waals surface area contributed by atoms with Crippen LogP contribution in [0, 0.1) is 0 Å². The molecule has 0 bridgehead atoms. The molecular weight excluding hydrogens is 344 g/mol. The molecule has 1 aliphatic heterocycles. The summed E-state index contributed by atoms with van der Waals surface area (Å²) in [5.74, 6) is 1.50. The van der Waals surface area contributed by atoms with Gasteiger partial charge < -0.3 is 15.4 Å². The fraction of sp³-hybridized carbons (Fsp3) is 0.312. The number of methoxy groups -OCH3 is 1. The number of thiazole rings is 1. The molecule has 1 aromatic heterocycles. The number of amidine groups is 1. The van der Waals surface area contributed by atoms with Gasteiger partial charge in [-0.05, 0) is 19.1 Å². The van der Waals surface area contributed by atoms with Crippen molar-refractivity contribution in [3.05, 3.63) is 35.3 Å². The van der Waals surface area contributed by atoms with Crippen LogP contribution in [0.25, 0.3) is 0 Å². The van der Waals surface area contributed by atoms with E-state index in [9.17, 15) is 4.79 Å². The number of aliphatic imine (C=N–C) groups is 1. The maximum Gasteiger partial charge on any atom is 0.223 e. The Balaban J connectivity index is 1.75. The summed E-state index contributed by atoms with van der Waals surface area (Å²) in [5.41, 5.74) is 0.591. The van der Waals surface area contributed by atoms with Crippen molar-refractivity contribution in [2.24, 2.45) is 4.99 Å². The van der Waals surface area contributed by atoms with Crippen LogP contribution in [0.2, 0.25) is 0 Å². The van der Waals surface area contributed by atoms with E-state index in [0.717, 1.165) is 27.2 Å². The summed E-state index contributed by atoms with van der Waals surface area (Å²) in [4.78, 5) is 21.2. The molecule has 2 heterocycles. The molecule has 0 radical (unpaired) electrons. The molecule has 0 saturated heterocycles. The number of amides is 1. The van der Waals surface area contributed by atoms with Crippen molar-refractivity contribution in [2.75, 3.05) is 23.5 Å². The Bertz CT molecular complexity index is 790. The summed E-state index contributed by atoms with van der Waals surface area (Å²) >= 11 is 3.13. The first-order valence-corrected chi connectivity index (χ1v) is 9.16. The molecule has 8 heteroatoms. The number of thioether (sulfide) groups is 1. The van der Waals surface area contributed by atoms with Gasteiger partial charge >= 0.3 is 0 Å². The van der Waals surface area contributed by atoms with Crippen LogP contribution in [0.1, 0.15) is 18.7 Å². The van der Waals surface area contributed by atoms with Gasteiger partial charge in [-0.15, -0.1) is 0 Å². The highest BCUT2D eigenvalue weighted by molar-refractivity contribution is 8.14. The van der Waals surface area contributed by atoms with E-state index < -0.39 is 0 Å². The van der Waals surface area contributed by atoms with Crippen LogP contribution >= 0.6 is 23.1 Å². The van der Waals surface area contributed by atoms with Gasteiger partial charge in [-0.3, -0.25) is 4.79 Å². The molecule has 1 amide bonds. The van der Waals surface area contributed by atoms with Crippen molar-refractivity contribution >= 4 is 45.0 Å². The molecule has 24 heavy (non-hydrogen) atoms. The molecule has 2 N–H and O–H groups in total. The molecule has 1 aromatic carbocycles. The number of nitrogens with one attached hydrogen (secondary N) is 2. The van der Waals surface area contributed by atoms with Crippen LogP contribution in [0.5, 0.6) is 5.75 Å². The topological polar surface area (TPSA) is 75.6 Å². The van der Waals surface area contributed by atoms with Gasteiger partial charge in [0.25, 0.3) is 0 Å². The summed E-state index contributed by atoms with van der Waals surface area (Å²) in [7, 11) is 1.65. The third-order valence-corrected chi connectivity index (χ3v) is 5.82. The lowest BCUT2D eigenvalue weighted by Gasteiger charge is -2.16. The number of aromatic nitrogens is 1. The number of carbonyl (C=O) groups excluding carboxylic acids is 1. The van der Waals surface area contributed by atoms with Crippen LogP contribution in [0.15, 0.2) is 35.5 Å². The lowest BCUT2D eigenvalue weighted by molar-refractivity contribution is -0.114. The minimum atomic E-state index is -0.347. The molecule has 1 unspecified atom stereocenters. The maximum atomic E-state index is 11.1. The largest absolute Gasteiger partial charge is 0.497 e. The second-order valence-corrected chi connectivity index (χ2v) is 7.54. The van der Waals surface area contributed by atoms with Crippen LogP contribution in [0.3, 0.4) is 0 Å². The quantitative estimate of drug-likeness (QED) is 0.870. The number of anilines is 2. The Morgan fingerprint density at radius 2 is 2.25 bits per heavy atom. The molecule has 0 aliphatic carbocycles. The van der Waals surface area contributed by atoms with E-state index in [0.29, 0.717) is 5.13 Å². The van der Waals surface area contributed by atoms with E-state index in [4.69, 9.17) is 9.73 Å². The summed E-state index contributed by atoms with van der Waals surface area (Å²) in [6, 6.07) is 7.74. The highest BCUT2D eigenvalue weighted by atomic mass is 32.2. The fourth-order valence-electron chi connectivity index (χ4n) is 2.24. The third kappa shape index (κ3) is 3.70. The van der Waals surface area contributed by atoms with Crippen molar-refractivity contribution in [3.63, 3.8) is 0 Å². The molecule has 1 atom stereocenters. The van der Waals surface area contributed by atoms with Gasteiger partial charge in [-0.25, -0.2) is 9.98 Å². The van der Waals surface area contributed by atoms with Crippen molar-refractivity contribution < 1.29 is 9.53 Å². The van der Waals surface area contributed by atoms with E-state index in [-0.39, 0.29) is 11.4 Å². The van der Waals surface area contributed by atoms with E-state index in [2.05, 4.69) is 22.5 Å². The van der Waals surface area contributed by atoms with Gasteiger partial charge in [0, 0.05) is 30.6 Å². The third-order valence-electron chi connectivity index (χ3n) is 3.48.